The third-order valence-corrected chi connectivity index (χ3v) is 5.23. The summed E-state index contributed by atoms with van der Waals surface area (Å²) in [5.74, 6) is 0.131. The standard InChI is InChI=1S/C19H17ClN2O2/c1-24-19(23)14-7-8-15(20)18-16(14)12-5-2-6-13(12)17(22-18)11-4-3-9-21-10-11/h2-5,7-10,12-13,17,22H,6H2,1H3. The van der Waals surface area contributed by atoms with E-state index < -0.39 is 0 Å². The van der Waals surface area contributed by atoms with E-state index in [9.17, 15) is 4.79 Å². The first-order valence-corrected chi connectivity index (χ1v) is 8.32. The highest BCUT2D eigenvalue weighted by Gasteiger charge is 2.41. The number of allylic oxidation sites excluding steroid dienone is 2. The molecule has 0 saturated carbocycles. The van der Waals surface area contributed by atoms with E-state index in [0.29, 0.717) is 16.5 Å². The highest BCUT2D eigenvalue weighted by Crippen LogP contribution is 2.52. The van der Waals surface area contributed by atoms with Crippen molar-refractivity contribution in [1.29, 1.82) is 0 Å². The van der Waals surface area contributed by atoms with Crippen molar-refractivity contribution in [2.45, 2.75) is 18.4 Å². The van der Waals surface area contributed by atoms with E-state index in [-0.39, 0.29) is 17.9 Å². The number of carbonyl (C=O) groups is 1. The monoisotopic (exact) mass is 340 g/mol. The molecule has 0 radical (unpaired) electrons. The smallest absolute Gasteiger partial charge is 0.338 e. The molecule has 1 aromatic heterocycles. The predicted molar refractivity (Wildman–Crippen MR) is 93.4 cm³/mol. The van der Waals surface area contributed by atoms with Gasteiger partial charge in [-0.25, -0.2) is 4.79 Å². The zero-order valence-electron chi connectivity index (χ0n) is 13.2. The number of hydrogen-bond donors (Lipinski definition) is 1. The zero-order valence-corrected chi connectivity index (χ0v) is 14.0. The third kappa shape index (κ3) is 2.29. The molecule has 2 heterocycles. The molecule has 2 aliphatic rings. The van der Waals surface area contributed by atoms with Crippen LogP contribution in [0.2, 0.25) is 5.02 Å². The molecule has 122 valence electrons. The molecule has 1 aliphatic carbocycles. The van der Waals surface area contributed by atoms with Crippen LogP contribution in [0.4, 0.5) is 5.69 Å². The number of carbonyl (C=O) groups excluding carboxylic acids is 1. The number of halogens is 1. The fourth-order valence-electron chi connectivity index (χ4n) is 3.85. The van der Waals surface area contributed by atoms with Gasteiger partial charge in [-0.2, -0.15) is 0 Å². The SMILES string of the molecule is COC(=O)c1ccc(Cl)c2c1C1C=CCC1C(c1cccnc1)N2. The molecule has 5 heteroatoms. The fourth-order valence-corrected chi connectivity index (χ4v) is 4.07. The van der Waals surface area contributed by atoms with Crippen molar-refractivity contribution in [3.63, 3.8) is 0 Å². The Morgan fingerprint density at radius 2 is 2.25 bits per heavy atom. The highest BCUT2D eigenvalue weighted by atomic mass is 35.5. The van der Waals surface area contributed by atoms with Crippen LogP contribution in [0.25, 0.3) is 0 Å². The Morgan fingerprint density at radius 3 is 3.00 bits per heavy atom. The first kappa shape index (κ1) is 15.2. The van der Waals surface area contributed by atoms with Gasteiger partial charge in [0.2, 0.25) is 0 Å². The maximum absolute atomic E-state index is 12.2. The quantitative estimate of drug-likeness (QED) is 0.652. The van der Waals surface area contributed by atoms with Crippen molar-refractivity contribution < 1.29 is 9.53 Å². The van der Waals surface area contributed by atoms with Crippen LogP contribution in [0, 0.1) is 5.92 Å². The molecule has 2 aromatic rings. The van der Waals surface area contributed by atoms with Crippen LogP contribution in [0.1, 0.15) is 39.9 Å². The van der Waals surface area contributed by atoms with E-state index in [1.54, 1.807) is 18.3 Å². The van der Waals surface area contributed by atoms with Crippen LogP contribution in [-0.2, 0) is 4.74 Å². The van der Waals surface area contributed by atoms with E-state index in [4.69, 9.17) is 16.3 Å². The van der Waals surface area contributed by atoms with Crippen molar-refractivity contribution in [3.05, 3.63) is 70.5 Å². The van der Waals surface area contributed by atoms with Gasteiger partial charge in [-0.05, 0) is 41.7 Å². The summed E-state index contributed by atoms with van der Waals surface area (Å²) in [4.78, 5) is 16.5. The number of aromatic nitrogens is 1. The lowest BCUT2D eigenvalue weighted by molar-refractivity contribution is 0.0598. The number of nitrogens with zero attached hydrogens (tertiary/aromatic N) is 1. The molecular weight excluding hydrogens is 324 g/mol. The summed E-state index contributed by atoms with van der Waals surface area (Å²) in [6.07, 6.45) is 8.96. The van der Waals surface area contributed by atoms with E-state index >= 15 is 0 Å². The first-order valence-electron chi connectivity index (χ1n) is 7.94. The molecule has 4 rings (SSSR count). The van der Waals surface area contributed by atoms with Gasteiger partial charge in [-0.1, -0.05) is 29.8 Å². The molecule has 0 spiro atoms. The van der Waals surface area contributed by atoms with E-state index in [2.05, 4.69) is 28.5 Å². The summed E-state index contributed by atoms with van der Waals surface area (Å²) < 4.78 is 4.96. The van der Waals surface area contributed by atoms with Crippen molar-refractivity contribution >= 4 is 23.3 Å². The summed E-state index contributed by atoms with van der Waals surface area (Å²) in [6.45, 7) is 0. The third-order valence-electron chi connectivity index (χ3n) is 4.92. The summed E-state index contributed by atoms with van der Waals surface area (Å²) in [5.41, 5.74) is 3.46. The van der Waals surface area contributed by atoms with Gasteiger partial charge >= 0.3 is 5.97 Å². The van der Waals surface area contributed by atoms with Crippen LogP contribution >= 0.6 is 11.6 Å². The van der Waals surface area contributed by atoms with Crippen LogP contribution in [0.15, 0.2) is 48.8 Å². The number of pyridine rings is 1. The first-order chi connectivity index (χ1) is 11.7. The molecule has 0 amide bonds. The lowest BCUT2D eigenvalue weighted by Crippen LogP contribution is -2.30. The Bertz CT molecular complexity index is 820. The number of rotatable bonds is 2. The maximum Gasteiger partial charge on any atom is 0.338 e. The number of fused-ring (bicyclic) bond motifs is 3. The molecule has 0 fully saturated rings. The normalized spacial score (nSPS) is 24.0. The van der Waals surface area contributed by atoms with Gasteiger partial charge in [0.05, 0.1) is 29.4 Å². The van der Waals surface area contributed by atoms with Crippen LogP contribution in [-0.4, -0.2) is 18.1 Å². The van der Waals surface area contributed by atoms with E-state index in [0.717, 1.165) is 23.2 Å². The maximum atomic E-state index is 12.2. The Hall–Kier alpha value is -2.33. The van der Waals surface area contributed by atoms with Gasteiger partial charge in [-0.3, -0.25) is 4.98 Å². The number of anilines is 1. The number of esters is 1. The van der Waals surface area contributed by atoms with Gasteiger partial charge in [0.15, 0.2) is 0 Å². The molecule has 3 atom stereocenters. The average molecular weight is 341 g/mol. The Balaban J connectivity index is 1.87. The number of ether oxygens (including phenoxy) is 1. The predicted octanol–water partition coefficient (Wildman–Crippen LogP) is 4.35. The Morgan fingerprint density at radius 1 is 1.38 bits per heavy atom. The number of hydrogen-bond acceptors (Lipinski definition) is 4. The fraction of sp³-hybridized carbons (Fsp3) is 0.263. The van der Waals surface area contributed by atoms with Crippen molar-refractivity contribution in [3.8, 4) is 0 Å². The molecule has 3 unspecified atom stereocenters. The van der Waals surface area contributed by atoms with Crippen molar-refractivity contribution in [2.24, 2.45) is 5.92 Å². The summed E-state index contributed by atoms with van der Waals surface area (Å²) in [6, 6.07) is 7.62. The molecule has 1 N–H and O–H groups in total. The average Bonchev–Trinajstić information content (AvgIpc) is 3.11. The lowest BCUT2D eigenvalue weighted by Gasteiger charge is -2.38. The summed E-state index contributed by atoms with van der Waals surface area (Å²) >= 11 is 6.45. The minimum atomic E-state index is -0.330. The van der Waals surface area contributed by atoms with Gasteiger partial charge in [0, 0.05) is 18.3 Å². The number of methoxy groups -OCH3 is 1. The zero-order chi connectivity index (χ0) is 16.7. The summed E-state index contributed by atoms with van der Waals surface area (Å²) in [5, 5.41) is 4.17. The largest absolute Gasteiger partial charge is 0.465 e. The Kier molecular flexibility index (Phi) is 3.77. The molecule has 1 aliphatic heterocycles. The number of benzene rings is 1. The van der Waals surface area contributed by atoms with Gasteiger partial charge in [-0.15, -0.1) is 0 Å². The summed E-state index contributed by atoms with van der Waals surface area (Å²) in [7, 11) is 1.40. The van der Waals surface area contributed by atoms with Gasteiger partial charge in [0.25, 0.3) is 0 Å². The second kappa shape index (κ2) is 5.95. The van der Waals surface area contributed by atoms with Crippen LogP contribution < -0.4 is 5.32 Å². The molecule has 0 bridgehead atoms. The van der Waals surface area contributed by atoms with Crippen LogP contribution in [0.3, 0.4) is 0 Å². The van der Waals surface area contributed by atoms with Gasteiger partial charge in [0.1, 0.15) is 0 Å². The van der Waals surface area contributed by atoms with E-state index in [1.165, 1.54) is 7.11 Å². The van der Waals surface area contributed by atoms with Crippen LogP contribution in [0.5, 0.6) is 0 Å². The molecular formula is C19H17ClN2O2. The van der Waals surface area contributed by atoms with Crippen molar-refractivity contribution in [2.75, 3.05) is 12.4 Å². The lowest BCUT2D eigenvalue weighted by atomic mass is 9.75. The minimum Gasteiger partial charge on any atom is -0.465 e. The second-order valence-corrected chi connectivity index (χ2v) is 6.54. The Labute approximate surface area is 145 Å². The van der Waals surface area contributed by atoms with Crippen molar-refractivity contribution in [1.82, 2.24) is 4.98 Å². The van der Waals surface area contributed by atoms with Gasteiger partial charge < -0.3 is 10.1 Å². The molecule has 4 nitrogen and oxygen atoms in total. The minimum absolute atomic E-state index is 0.108. The second-order valence-electron chi connectivity index (χ2n) is 6.14. The number of nitrogens with one attached hydrogen (secondary N) is 1. The topological polar surface area (TPSA) is 51.2 Å². The molecule has 1 aromatic carbocycles. The molecule has 24 heavy (non-hydrogen) atoms. The highest BCUT2D eigenvalue weighted by molar-refractivity contribution is 6.33. The molecule has 0 saturated heterocycles. The van der Waals surface area contributed by atoms with E-state index in [1.807, 2.05) is 12.3 Å².